The molecule has 186 valence electrons. The van der Waals surface area contributed by atoms with E-state index >= 15 is 0 Å². The van der Waals surface area contributed by atoms with Crippen LogP contribution in [0.5, 0.6) is 0 Å². The summed E-state index contributed by atoms with van der Waals surface area (Å²) in [6.07, 6.45) is 7.25. The third-order valence-electron chi connectivity index (χ3n) is 6.66. The predicted molar refractivity (Wildman–Crippen MR) is 136 cm³/mol. The van der Waals surface area contributed by atoms with Gasteiger partial charge in [-0.15, -0.1) is 0 Å². The third-order valence-corrected chi connectivity index (χ3v) is 6.90. The Hall–Kier alpha value is -1.63. The lowest BCUT2D eigenvalue weighted by molar-refractivity contribution is -0.149. The number of unbranched alkanes of at least 4 members (excludes halogenated alkanes) is 1. The fourth-order valence-corrected chi connectivity index (χ4v) is 4.94. The number of ether oxygens (including phenoxy) is 1. The SMILES string of the molecule is CC(=O)CN.CCCCC1(CCC)CC(CCN2CCN(c3cccc(Cl)c3)CC2)OC1=O. The Bertz CT molecular complexity index is 752. The van der Waals surface area contributed by atoms with E-state index in [9.17, 15) is 9.59 Å². The molecule has 6 nitrogen and oxygen atoms in total. The largest absolute Gasteiger partial charge is 0.462 e. The fraction of sp³-hybridized carbons (Fsp3) is 0.692. The molecule has 7 heteroatoms. The average molecular weight is 480 g/mol. The minimum Gasteiger partial charge on any atom is -0.462 e. The maximum atomic E-state index is 12.6. The van der Waals surface area contributed by atoms with Crippen molar-refractivity contribution in [3.8, 4) is 0 Å². The van der Waals surface area contributed by atoms with Gasteiger partial charge in [-0.1, -0.05) is 50.8 Å². The van der Waals surface area contributed by atoms with Gasteiger partial charge < -0.3 is 15.4 Å². The first-order valence-corrected chi connectivity index (χ1v) is 12.8. The van der Waals surface area contributed by atoms with Gasteiger partial charge in [-0.05, 0) is 44.4 Å². The summed E-state index contributed by atoms with van der Waals surface area (Å²) in [6, 6.07) is 8.10. The zero-order valence-electron chi connectivity index (χ0n) is 20.7. The van der Waals surface area contributed by atoms with Crippen LogP contribution in [-0.4, -0.2) is 62.0 Å². The van der Waals surface area contributed by atoms with Crippen LogP contribution in [0.1, 0.15) is 65.7 Å². The molecule has 0 aromatic heterocycles. The van der Waals surface area contributed by atoms with Crippen LogP contribution in [0.15, 0.2) is 24.3 Å². The number of carbonyl (C=O) groups excluding carboxylic acids is 2. The molecule has 2 atom stereocenters. The highest BCUT2D eigenvalue weighted by Crippen LogP contribution is 2.43. The van der Waals surface area contributed by atoms with Crippen molar-refractivity contribution in [3.05, 3.63) is 29.3 Å². The van der Waals surface area contributed by atoms with E-state index in [0.717, 1.165) is 82.7 Å². The molecule has 0 radical (unpaired) electrons. The van der Waals surface area contributed by atoms with Gasteiger partial charge in [0.1, 0.15) is 11.9 Å². The van der Waals surface area contributed by atoms with E-state index < -0.39 is 0 Å². The highest BCUT2D eigenvalue weighted by Gasteiger charge is 2.47. The fourth-order valence-electron chi connectivity index (χ4n) is 4.75. The summed E-state index contributed by atoms with van der Waals surface area (Å²) in [5.74, 6) is 0.101. The van der Waals surface area contributed by atoms with Gasteiger partial charge in [-0.25, -0.2) is 0 Å². The first-order valence-electron chi connectivity index (χ1n) is 12.5. The molecular weight excluding hydrogens is 438 g/mol. The number of esters is 1. The van der Waals surface area contributed by atoms with Crippen LogP contribution in [0.2, 0.25) is 5.02 Å². The molecule has 2 unspecified atom stereocenters. The number of cyclic esters (lactones) is 1. The van der Waals surface area contributed by atoms with Crippen molar-refractivity contribution in [1.82, 2.24) is 4.90 Å². The number of rotatable bonds is 10. The van der Waals surface area contributed by atoms with Crippen molar-refractivity contribution in [2.75, 3.05) is 44.2 Å². The second-order valence-corrected chi connectivity index (χ2v) is 9.81. The number of anilines is 1. The Morgan fingerprint density at radius 3 is 2.45 bits per heavy atom. The normalized spacial score (nSPS) is 23.1. The molecule has 2 N–H and O–H groups in total. The van der Waals surface area contributed by atoms with Gasteiger partial charge in [-0.3, -0.25) is 14.5 Å². The second-order valence-electron chi connectivity index (χ2n) is 9.37. The van der Waals surface area contributed by atoms with Crippen LogP contribution in [0.3, 0.4) is 0 Å². The highest BCUT2D eigenvalue weighted by atomic mass is 35.5. The Balaban J connectivity index is 0.000000696. The first kappa shape index (κ1) is 27.6. The van der Waals surface area contributed by atoms with Gasteiger partial charge in [0.25, 0.3) is 0 Å². The number of hydrogen-bond acceptors (Lipinski definition) is 6. The van der Waals surface area contributed by atoms with Crippen LogP contribution in [0, 0.1) is 5.41 Å². The molecule has 1 aromatic rings. The van der Waals surface area contributed by atoms with E-state index in [2.05, 4.69) is 29.7 Å². The lowest BCUT2D eigenvalue weighted by Gasteiger charge is -2.36. The van der Waals surface area contributed by atoms with Crippen LogP contribution >= 0.6 is 11.6 Å². The molecule has 33 heavy (non-hydrogen) atoms. The molecular formula is C26H42ClN3O3. The summed E-state index contributed by atoms with van der Waals surface area (Å²) in [7, 11) is 0. The van der Waals surface area contributed by atoms with Gasteiger partial charge in [0.05, 0.1) is 12.0 Å². The topological polar surface area (TPSA) is 75.9 Å². The lowest BCUT2D eigenvalue weighted by Crippen LogP contribution is -2.47. The minimum atomic E-state index is -0.208. The van der Waals surface area contributed by atoms with E-state index in [0.29, 0.717) is 0 Å². The molecule has 2 heterocycles. The number of ketones is 1. The maximum Gasteiger partial charge on any atom is 0.312 e. The summed E-state index contributed by atoms with van der Waals surface area (Å²) in [5, 5.41) is 0.793. The monoisotopic (exact) mass is 479 g/mol. The number of piperazine rings is 1. The van der Waals surface area contributed by atoms with Crippen molar-refractivity contribution in [2.24, 2.45) is 11.1 Å². The zero-order valence-corrected chi connectivity index (χ0v) is 21.4. The van der Waals surface area contributed by atoms with Crippen molar-refractivity contribution in [3.63, 3.8) is 0 Å². The van der Waals surface area contributed by atoms with Gasteiger partial charge in [0, 0.05) is 49.9 Å². The number of carbonyl (C=O) groups is 2. The molecule has 0 aliphatic carbocycles. The summed E-state index contributed by atoms with van der Waals surface area (Å²) in [4.78, 5) is 27.2. The smallest absolute Gasteiger partial charge is 0.312 e. The molecule has 3 rings (SSSR count). The third kappa shape index (κ3) is 8.58. The summed E-state index contributed by atoms with van der Waals surface area (Å²) < 4.78 is 5.83. The number of halogens is 1. The van der Waals surface area contributed by atoms with Crippen LogP contribution in [0.4, 0.5) is 5.69 Å². The van der Waals surface area contributed by atoms with Gasteiger partial charge in [-0.2, -0.15) is 0 Å². The summed E-state index contributed by atoms with van der Waals surface area (Å²) in [6.45, 7) is 11.1. The Kier molecular flexibility index (Phi) is 11.7. The molecule has 2 aliphatic heterocycles. The molecule has 1 aromatic carbocycles. The Labute approximate surface area is 204 Å². The van der Waals surface area contributed by atoms with Crippen molar-refractivity contribution in [1.29, 1.82) is 0 Å². The van der Waals surface area contributed by atoms with Crippen molar-refractivity contribution >= 4 is 29.0 Å². The molecule has 2 aliphatic rings. The summed E-state index contributed by atoms with van der Waals surface area (Å²) in [5.41, 5.74) is 5.82. The number of nitrogens with zero attached hydrogens (tertiary/aromatic N) is 2. The second kappa shape index (κ2) is 13.9. The average Bonchev–Trinajstić information content (AvgIpc) is 3.12. The minimum absolute atomic E-state index is 0.0324. The number of benzene rings is 1. The van der Waals surface area contributed by atoms with Gasteiger partial charge in [0.2, 0.25) is 0 Å². The zero-order chi connectivity index (χ0) is 24.3. The quantitative estimate of drug-likeness (QED) is 0.491. The first-order chi connectivity index (χ1) is 15.8. The summed E-state index contributed by atoms with van der Waals surface area (Å²) >= 11 is 6.13. The maximum absolute atomic E-state index is 12.6. The van der Waals surface area contributed by atoms with Gasteiger partial charge >= 0.3 is 5.97 Å². The predicted octanol–water partition coefficient (Wildman–Crippen LogP) is 4.68. The van der Waals surface area contributed by atoms with E-state index in [1.807, 2.05) is 18.2 Å². The van der Waals surface area contributed by atoms with Gasteiger partial charge in [0.15, 0.2) is 0 Å². The van der Waals surface area contributed by atoms with Crippen LogP contribution in [0.25, 0.3) is 0 Å². The number of nitrogens with two attached hydrogens (primary N) is 1. The number of Topliss-reactive ketones (excluding diaryl/α,β-unsaturated/α-hetero) is 1. The van der Waals surface area contributed by atoms with E-state index in [1.54, 1.807) is 0 Å². The number of hydrogen-bond donors (Lipinski definition) is 1. The van der Waals surface area contributed by atoms with Crippen LogP contribution in [-0.2, 0) is 14.3 Å². The lowest BCUT2D eigenvalue weighted by atomic mass is 9.76. The van der Waals surface area contributed by atoms with E-state index in [-0.39, 0.29) is 29.8 Å². The van der Waals surface area contributed by atoms with Crippen molar-refractivity contribution < 1.29 is 14.3 Å². The van der Waals surface area contributed by atoms with Crippen LogP contribution < -0.4 is 10.6 Å². The standard InChI is InChI=1S/C23H35ClN2O2.C3H7NO/c1-3-5-11-23(10-4-2)18-21(28-22(23)27)9-12-25-13-15-26(16-14-25)20-8-6-7-19(24)17-20;1-3(5)2-4/h6-8,17,21H,3-5,9-16,18H2,1-2H3;2,4H2,1H3. The molecule has 2 saturated heterocycles. The van der Waals surface area contributed by atoms with E-state index in [4.69, 9.17) is 22.1 Å². The molecule has 0 amide bonds. The molecule has 0 spiro atoms. The molecule has 2 fully saturated rings. The molecule has 0 saturated carbocycles. The Morgan fingerprint density at radius 1 is 1.18 bits per heavy atom. The molecule has 0 bridgehead atoms. The van der Waals surface area contributed by atoms with E-state index in [1.165, 1.54) is 12.6 Å². The van der Waals surface area contributed by atoms with Crippen molar-refractivity contribution in [2.45, 2.75) is 71.8 Å². The highest BCUT2D eigenvalue weighted by molar-refractivity contribution is 6.30. The Morgan fingerprint density at radius 2 is 1.88 bits per heavy atom.